The number of hydrogen-bond acceptors (Lipinski definition) is 5. The van der Waals surface area contributed by atoms with Crippen molar-refractivity contribution >= 4 is 34.8 Å². The lowest BCUT2D eigenvalue weighted by molar-refractivity contribution is 0.242. The first-order valence-corrected chi connectivity index (χ1v) is 12.4. The Morgan fingerprint density at radius 2 is 1.74 bits per heavy atom. The van der Waals surface area contributed by atoms with E-state index in [9.17, 15) is 0 Å². The van der Waals surface area contributed by atoms with Gasteiger partial charge in [-0.2, -0.15) is 0 Å². The topological polar surface area (TPSA) is 50.5 Å². The molecule has 0 radical (unpaired) electrons. The van der Waals surface area contributed by atoms with Gasteiger partial charge in [-0.1, -0.05) is 36.0 Å². The Balaban J connectivity index is 1.50. The monoisotopic (exact) mass is 487 g/mol. The first kappa shape index (κ1) is 22.5. The van der Waals surface area contributed by atoms with Crippen LogP contribution in [0.25, 0.3) is 0 Å². The third kappa shape index (κ3) is 4.81. The van der Waals surface area contributed by atoms with Crippen LogP contribution in [0.2, 0.25) is 0 Å². The molecule has 1 aliphatic rings. The van der Waals surface area contributed by atoms with E-state index in [1.54, 1.807) is 18.0 Å². The summed E-state index contributed by atoms with van der Waals surface area (Å²) in [5.74, 6) is 1.65. The second kappa shape index (κ2) is 9.91. The molecule has 7 heteroatoms. The van der Waals surface area contributed by atoms with Crippen molar-refractivity contribution in [3.63, 3.8) is 0 Å². The average Bonchev–Trinajstić information content (AvgIpc) is 3.44. The van der Waals surface area contributed by atoms with E-state index in [0.717, 1.165) is 32.9 Å². The van der Waals surface area contributed by atoms with Crippen molar-refractivity contribution < 1.29 is 9.15 Å². The highest BCUT2D eigenvalue weighted by molar-refractivity contribution is 7.99. The van der Waals surface area contributed by atoms with Gasteiger partial charge in [-0.05, 0) is 86.7 Å². The number of pyridine rings is 1. The van der Waals surface area contributed by atoms with Crippen molar-refractivity contribution in [2.75, 3.05) is 4.90 Å². The van der Waals surface area contributed by atoms with Crippen LogP contribution >= 0.6 is 24.0 Å². The molecule has 4 aromatic rings. The highest BCUT2D eigenvalue weighted by atomic mass is 32.2. The molecule has 2 unspecified atom stereocenters. The summed E-state index contributed by atoms with van der Waals surface area (Å²) in [7, 11) is 0. The van der Waals surface area contributed by atoms with Gasteiger partial charge in [0, 0.05) is 16.8 Å². The standard InChI is InChI=1S/C27H25N3O2S2/c1-18(2)31-20-13-11-19(12-14-20)30-26(25(29-27(30)33)22-10-6-7-17-28-22)23-15-16-24(32-23)34-21-8-4-3-5-9-21/h3-18,25-26H,1-2H3,(H,29,33). The lowest BCUT2D eigenvalue weighted by atomic mass is 10.0. The van der Waals surface area contributed by atoms with Gasteiger partial charge in [0.1, 0.15) is 17.6 Å². The van der Waals surface area contributed by atoms with Crippen LogP contribution in [0.4, 0.5) is 5.69 Å². The van der Waals surface area contributed by atoms with Gasteiger partial charge in [-0.25, -0.2) is 0 Å². The zero-order valence-corrected chi connectivity index (χ0v) is 20.6. The van der Waals surface area contributed by atoms with Crippen molar-refractivity contribution in [2.45, 2.75) is 42.0 Å². The van der Waals surface area contributed by atoms with Crippen LogP contribution in [0.1, 0.15) is 37.4 Å². The number of nitrogens with zero attached hydrogens (tertiary/aromatic N) is 2. The highest BCUT2D eigenvalue weighted by Crippen LogP contribution is 2.43. The van der Waals surface area contributed by atoms with Gasteiger partial charge >= 0.3 is 0 Å². The Morgan fingerprint density at radius 1 is 0.971 bits per heavy atom. The number of aromatic nitrogens is 1. The SMILES string of the molecule is CC(C)Oc1ccc(N2C(=S)NC(c3ccccn3)C2c2ccc(Sc3ccccc3)o2)cc1. The second-order valence-corrected chi connectivity index (χ2v) is 9.69. The Bertz CT molecular complexity index is 1240. The zero-order valence-electron chi connectivity index (χ0n) is 18.9. The van der Waals surface area contributed by atoms with E-state index in [-0.39, 0.29) is 18.2 Å². The summed E-state index contributed by atoms with van der Waals surface area (Å²) in [6, 6.07) is 27.8. The largest absolute Gasteiger partial charge is 0.491 e. The minimum atomic E-state index is -0.190. The predicted octanol–water partition coefficient (Wildman–Crippen LogP) is 6.79. The molecule has 3 heterocycles. The van der Waals surface area contributed by atoms with E-state index in [4.69, 9.17) is 21.4 Å². The minimum absolute atomic E-state index is 0.116. The van der Waals surface area contributed by atoms with Crippen LogP contribution in [0.15, 0.2) is 106 Å². The number of benzene rings is 2. The van der Waals surface area contributed by atoms with Gasteiger partial charge < -0.3 is 19.4 Å². The molecule has 2 aromatic heterocycles. The van der Waals surface area contributed by atoms with Crippen LogP contribution in [-0.2, 0) is 0 Å². The molecular formula is C27H25N3O2S2. The van der Waals surface area contributed by atoms with Crippen LogP contribution < -0.4 is 15.0 Å². The minimum Gasteiger partial charge on any atom is -0.491 e. The van der Waals surface area contributed by atoms with Gasteiger partial charge in [-0.3, -0.25) is 4.98 Å². The van der Waals surface area contributed by atoms with Gasteiger partial charge in [0.2, 0.25) is 0 Å². The summed E-state index contributed by atoms with van der Waals surface area (Å²) < 4.78 is 12.2. The van der Waals surface area contributed by atoms with Crippen LogP contribution in [0.3, 0.4) is 0 Å². The first-order valence-electron chi connectivity index (χ1n) is 11.2. The van der Waals surface area contributed by atoms with E-state index < -0.39 is 0 Å². The molecule has 2 aromatic carbocycles. The molecule has 5 nitrogen and oxygen atoms in total. The molecule has 0 bridgehead atoms. The summed E-state index contributed by atoms with van der Waals surface area (Å²) in [5, 5.41) is 4.93. The van der Waals surface area contributed by atoms with Crippen molar-refractivity contribution in [2.24, 2.45) is 0 Å². The van der Waals surface area contributed by atoms with Gasteiger partial charge in [0.15, 0.2) is 10.2 Å². The number of rotatable bonds is 7. The molecule has 0 amide bonds. The second-order valence-electron chi connectivity index (χ2n) is 8.23. The molecule has 0 saturated carbocycles. The summed E-state index contributed by atoms with van der Waals surface area (Å²) in [6.07, 6.45) is 1.92. The summed E-state index contributed by atoms with van der Waals surface area (Å²) in [4.78, 5) is 7.83. The highest BCUT2D eigenvalue weighted by Gasteiger charge is 2.42. The number of furan rings is 1. The molecular weight excluding hydrogens is 462 g/mol. The fraction of sp³-hybridized carbons (Fsp3) is 0.185. The fourth-order valence-corrected chi connectivity index (χ4v) is 5.18. The van der Waals surface area contributed by atoms with Gasteiger partial charge in [0.25, 0.3) is 0 Å². The Kier molecular flexibility index (Phi) is 6.56. The molecule has 1 aliphatic heterocycles. The van der Waals surface area contributed by atoms with E-state index in [1.165, 1.54) is 0 Å². The first-order chi connectivity index (χ1) is 16.6. The molecule has 1 saturated heterocycles. The molecule has 172 valence electrons. The van der Waals surface area contributed by atoms with Crippen LogP contribution in [-0.4, -0.2) is 16.2 Å². The average molecular weight is 488 g/mol. The van der Waals surface area contributed by atoms with Crippen molar-refractivity contribution in [1.29, 1.82) is 0 Å². The van der Waals surface area contributed by atoms with E-state index in [1.807, 2.05) is 86.6 Å². The van der Waals surface area contributed by atoms with Crippen molar-refractivity contribution in [3.8, 4) is 5.75 Å². The normalized spacial score (nSPS) is 17.7. The third-order valence-corrected chi connectivity index (χ3v) is 6.68. The number of nitrogens with one attached hydrogen (secondary N) is 1. The Labute approximate surface area is 209 Å². The number of anilines is 1. The Hall–Kier alpha value is -3.29. The summed E-state index contributed by atoms with van der Waals surface area (Å²) in [6.45, 7) is 4.03. The lowest BCUT2D eigenvalue weighted by Crippen LogP contribution is -2.29. The van der Waals surface area contributed by atoms with Crippen LogP contribution in [0.5, 0.6) is 5.75 Å². The third-order valence-electron chi connectivity index (χ3n) is 5.44. The zero-order chi connectivity index (χ0) is 23.5. The molecule has 34 heavy (non-hydrogen) atoms. The Morgan fingerprint density at radius 3 is 2.44 bits per heavy atom. The summed E-state index contributed by atoms with van der Waals surface area (Å²) in [5.41, 5.74) is 1.87. The maximum absolute atomic E-state index is 6.37. The van der Waals surface area contributed by atoms with Gasteiger partial charge in [-0.15, -0.1) is 0 Å². The van der Waals surface area contributed by atoms with Crippen molar-refractivity contribution in [3.05, 3.63) is 103 Å². The van der Waals surface area contributed by atoms with Crippen LogP contribution in [0, 0.1) is 0 Å². The van der Waals surface area contributed by atoms with E-state index in [0.29, 0.717) is 5.11 Å². The molecule has 1 fully saturated rings. The maximum Gasteiger partial charge on any atom is 0.174 e. The molecule has 1 N–H and O–H groups in total. The maximum atomic E-state index is 6.37. The van der Waals surface area contributed by atoms with E-state index >= 15 is 0 Å². The van der Waals surface area contributed by atoms with Gasteiger partial charge in [0.05, 0.1) is 17.8 Å². The number of thiocarbonyl (C=S) groups is 1. The molecule has 0 spiro atoms. The van der Waals surface area contributed by atoms with E-state index in [2.05, 4.69) is 27.3 Å². The molecule has 0 aliphatic carbocycles. The lowest BCUT2D eigenvalue weighted by Gasteiger charge is -2.26. The number of hydrogen-bond donors (Lipinski definition) is 1. The number of ether oxygens (including phenoxy) is 1. The predicted molar refractivity (Wildman–Crippen MR) is 139 cm³/mol. The smallest absolute Gasteiger partial charge is 0.174 e. The summed E-state index contributed by atoms with van der Waals surface area (Å²) >= 11 is 7.40. The molecule has 2 atom stereocenters. The van der Waals surface area contributed by atoms with Crippen molar-refractivity contribution in [1.82, 2.24) is 10.3 Å². The molecule has 5 rings (SSSR count). The fourth-order valence-electron chi connectivity index (χ4n) is 4.03. The quantitative estimate of drug-likeness (QED) is 0.288.